The number of rotatable bonds is 6. The Hall–Kier alpha value is -2.61. The summed E-state index contributed by atoms with van der Waals surface area (Å²) in [6, 6.07) is 5.41. The molecule has 1 fully saturated rings. The number of nitrogens with one attached hydrogen (secondary N) is 1. The number of carbonyl (C=O) groups is 3. The van der Waals surface area contributed by atoms with Gasteiger partial charge < -0.3 is 24.8 Å². The van der Waals surface area contributed by atoms with E-state index in [1.807, 2.05) is 0 Å². The van der Waals surface area contributed by atoms with Crippen molar-refractivity contribution in [3.8, 4) is 5.75 Å². The lowest BCUT2D eigenvalue weighted by atomic mass is 10.0. The SMILES string of the molecule is COC(=O)[C@H](Cc1ccc(OC)cc1)NC(=O)[C@@H]1C[C@@H](O)CN1C(C)=O. The van der Waals surface area contributed by atoms with E-state index in [-0.39, 0.29) is 25.3 Å². The Kier molecular flexibility index (Phi) is 6.57. The first-order valence-corrected chi connectivity index (χ1v) is 8.32. The standard InChI is InChI=1S/C18H24N2O6/c1-11(21)20-10-13(22)9-16(20)17(23)19-15(18(24)26-3)8-12-4-6-14(25-2)7-5-12/h4-7,13,15-16,22H,8-10H2,1-3H3,(H,19,23)/t13-,15+,16+/m1/s1. The second-order valence-electron chi connectivity index (χ2n) is 6.21. The maximum Gasteiger partial charge on any atom is 0.328 e. The van der Waals surface area contributed by atoms with Gasteiger partial charge in [0.1, 0.15) is 17.8 Å². The van der Waals surface area contributed by atoms with Crippen LogP contribution in [0.15, 0.2) is 24.3 Å². The Balaban J connectivity index is 2.10. The number of esters is 1. The van der Waals surface area contributed by atoms with E-state index >= 15 is 0 Å². The molecule has 0 saturated carbocycles. The summed E-state index contributed by atoms with van der Waals surface area (Å²) in [7, 11) is 2.81. The minimum Gasteiger partial charge on any atom is -0.497 e. The molecule has 8 nitrogen and oxygen atoms in total. The zero-order valence-electron chi connectivity index (χ0n) is 15.1. The molecule has 2 rings (SSSR count). The van der Waals surface area contributed by atoms with Crippen LogP contribution in [0.5, 0.6) is 5.75 Å². The van der Waals surface area contributed by atoms with E-state index in [2.05, 4.69) is 5.32 Å². The maximum atomic E-state index is 12.6. The Bertz CT molecular complexity index is 660. The lowest BCUT2D eigenvalue weighted by molar-refractivity contribution is -0.146. The van der Waals surface area contributed by atoms with Gasteiger partial charge in [-0.3, -0.25) is 9.59 Å². The predicted octanol–water partition coefficient (Wildman–Crippen LogP) is -0.123. The fraction of sp³-hybridized carbons (Fsp3) is 0.500. The molecule has 8 heteroatoms. The highest BCUT2D eigenvalue weighted by atomic mass is 16.5. The molecular weight excluding hydrogens is 340 g/mol. The molecule has 2 amide bonds. The number of carbonyl (C=O) groups excluding carboxylic acids is 3. The Labute approximate surface area is 152 Å². The number of methoxy groups -OCH3 is 2. The van der Waals surface area contributed by atoms with Crippen LogP contribution in [0.1, 0.15) is 18.9 Å². The van der Waals surface area contributed by atoms with Gasteiger partial charge in [0, 0.05) is 26.3 Å². The molecule has 0 bridgehead atoms. The van der Waals surface area contributed by atoms with Gasteiger partial charge in [-0.2, -0.15) is 0 Å². The quantitative estimate of drug-likeness (QED) is 0.682. The lowest BCUT2D eigenvalue weighted by Gasteiger charge is -2.24. The molecule has 2 N–H and O–H groups in total. The van der Waals surface area contributed by atoms with E-state index in [0.717, 1.165) is 5.56 Å². The Morgan fingerprint density at radius 1 is 1.27 bits per heavy atom. The molecule has 0 aromatic heterocycles. The molecule has 26 heavy (non-hydrogen) atoms. The molecule has 1 aliphatic rings. The van der Waals surface area contributed by atoms with Gasteiger partial charge in [-0.15, -0.1) is 0 Å². The molecule has 0 spiro atoms. The third kappa shape index (κ3) is 4.72. The molecule has 1 saturated heterocycles. The van der Waals surface area contributed by atoms with Crippen molar-refractivity contribution in [1.82, 2.24) is 10.2 Å². The van der Waals surface area contributed by atoms with E-state index in [1.165, 1.54) is 18.9 Å². The molecule has 0 unspecified atom stereocenters. The number of ether oxygens (including phenoxy) is 2. The van der Waals surface area contributed by atoms with E-state index in [4.69, 9.17) is 9.47 Å². The highest BCUT2D eigenvalue weighted by Gasteiger charge is 2.38. The van der Waals surface area contributed by atoms with Gasteiger partial charge in [-0.25, -0.2) is 4.79 Å². The molecule has 142 valence electrons. The second kappa shape index (κ2) is 8.66. The largest absolute Gasteiger partial charge is 0.497 e. The first-order chi connectivity index (χ1) is 12.3. The Morgan fingerprint density at radius 3 is 2.46 bits per heavy atom. The highest BCUT2D eigenvalue weighted by Crippen LogP contribution is 2.19. The van der Waals surface area contributed by atoms with Crippen molar-refractivity contribution in [2.45, 2.75) is 38.0 Å². The van der Waals surface area contributed by atoms with Crippen LogP contribution in [0.25, 0.3) is 0 Å². The van der Waals surface area contributed by atoms with Gasteiger partial charge in [-0.05, 0) is 17.7 Å². The monoisotopic (exact) mass is 364 g/mol. The molecule has 1 aromatic carbocycles. The minimum absolute atomic E-state index is 0.106. The number of amides is 2. The molecule has 0 radical (unpaired) electrons. The number of benzene rings is 1. The smallest absolute Gasteiger partial charge is 0.328 e. The summed E-state index contributed by atoms with van der Waals surface area (Å²) in [5, 5.41) is 12.4. The van der Waals surface area contributed by atoms with Crippen molar-refractivity contribution in [3.05, 3.63) is 29.8 Å². The molecule has 0 aliphatic carbocycles. The van der Waals surface area contributed by atoms with Crippen molar-refractivity contribution >= 4 is 17.8 Å². The van der Waals surface area contributed by atoms with Gasteiger partial charge >= 0.3 is 5.97 Å². The van der Waals surface area contributed by atoms with Crippen LogP contribution < -0.4 is 10.1 Å². The first-order valence-electron chi connectivity index (χ1n) is 8.32. The van der Waals surface area contributed by atoms with E-state index in [0.29, 0.717) is 5.75 Å². The maximum absolute atomic E-state index is 12.6. The Morgan fingerprint density at radius 2 is 1.92 bits per heavy atom. The van der Waals surface area contributed by atoms with Crippen molar-refractivity contribution < 1.29 is 29.0 Å². The zero-order valence-corrected chi connectivity index (χ0v) is 15.1. The average molecular weight is 364 g/mol. The zero-order chi connectivity index (χ0) is 19.3. The van der Waals surface area contributed by atoms with Crippen LogP contribution in [0.3, 0.4) is 0 Å². The first kappa shape index (κ1) is 19.7. The normalized spacial score (nSPS) is 20.4. The van der Waals surface area contributed by atoms with Gasteiger partial charge in [0.2, 0.25) is 11.8 Å². The number of β-amino-alcohol motifs (C(OH)–C–C–N with tert-alkyl or cyclic N) is 1. The number of aliphatic hydroxyl groups excluding tert-OH is 1. The number of aliphatic hydroxyl groups is 1. The van der Waals surface area contributed by atoms with Gasteiger partial charge in [-0.1, -0.05) is 12.1 Å². The van der Waals surface area contributed by atoms with Crippen LogP contribution in [0.2, 0.25) is 0 Å². The molecule has 1 heterocycles. The van der Waals surface area contributed by atoms with Crippen LogP contribution >= 0.6 is 0 Å². The van der Waals surface area contributed by atoms with Crippen molar-refractivity contribution in [1.29, 1.82) is 0 Å². The molecule has 3 atom stereocenters. The summed E-state index contributed by atoms with van der Waals surface area (Å²) in [6.07, 6.45) is -0.382. The highest BCUT2D eigenvalue weighted by molar-refractivity contribution is 5.91. The topological polar surface area (TPSA) is 105 Å². The fourth-order valence-electron chi connectivity index (χ4n) is 3.01. The molecule has 1 aliphatic heterocycles. The average Bonchev–Trinajstić information content (AvgIpc) is 3.03. The summed E-state index contributed by atoms with van der Waals surface area (Å²) >= 11 is 0. The van der Waals surface area contributed by atoms with Gasteiger partial charge in [0.15, 0.2) is 0 Å². The predicted molar refractivity (Wildman–Crippen MR) is 92.4 cm³/mol. The summed E-state index contributed by atoms with van der Waals surface area (Å²) in [4.78, 5) is 37.6. The van der Waals surface area contributed by atoms with Gasteiger partial charge in [0.25, 0.3) is 0 Å². The van der Waals surface area contributed by atoms with Crippen LogP contribution in [0.4, 0.5) is 0 Å². The second-order valence-corrected chi connectivity index (χ2v) is 6.21. The van der Waals surface area contributed by atoms with Crippen molar-refractivity contribution in [3.63, 3.8) is 0 Å². The molecular formula is C18H24N2O6. The number of hydrogen-bond donors (Lipinski definition) is 2. The van der Waals surface area contributed by atoms with Crippen molar-refractivity contribution in [2.75, 3.05) is 20.8 Å². The van der Waals surface area contributed by atoms with Crippen LogP contribution in [0, 0.1) is 0 Å². The number of likely N-dealkylation sites (tertiary alicyclic amines) is 1. The summed E-state index contributed by atoms with van der Waals surface area (Å²) in [5.41, 5.74) is 0.816. The van der Waals surface area contributed by atoms with Crippen LogP contribution in [-0.4, -0.2) is 66.7 Å². The molecule has 1 aromatic rings. The third-order valence-electron chi connectivity index (χ3n) is 4.39. The summed E-state index contributed by atoms with van der Waals surface area (Å²) in [6.45, 7) is 1.45. The number of hydrogen-bond acceptors (Lipinski definition) is 6. The van der Waals surface area contributed by atoms with Crippen LogP contribution in [-0.2, 0) is 25.5 Å². The van der Waals surface area contributed by atoms with E-state index < -0.39 is 30.1 Å². The summed E-state index contributed by atoms with van der Waals surface area (Å²) < 4.78 is 9.88. The number of nitrogens with zero attached hydrogens (tertiary/aromatic N) is 1. The lowest BCUT2D eigenvalue weighted by Crippen LogP contribution is -2.51. The van der Waals surface area contributed by atoms with Crippen molar-refractivity contribution in [2.24, 2.45) is 0 Å². The van der Waals surface area contributed by atoms with E-state index in [1.54, 1.807) is 31.4 Å². The fourth-order valence-corrected chi connectivity index (χ4v) is 3.01. The summed E-state index contributed by atoms with van der Waals surface area (Å²) in [5.74, 6) is -0.682. The third-order valence-corrected chi connectivity index (χ3v) is 4.39. The van der Waals surface area contributed by atoms with Gasteiger partial charge in [0.05, 0.1) is 20.3 Å². The van der Waals surface area contributed by atoms with E-state index in [9.17, 15) is 19.5 Å². The minimum atomic E-state index is -0.896.